The molecule has 1 N–H and O–H groups in total. The minimum absolute atomic E-state index is 0.144. The van der Waals surface area contributed by atoms with Gasteiger partial charge in [0.2, 0.25) is 0 Å². The Kier molecular flexibility index (Phi) is 28.9. The van der Waals surface area contributed by atoms with Crippen molar-refractivity contribution in [1.82, 2.24) is 0 Å². The molecule has 1 rings (SSSR count). The van der Waals surface area contributed by atoms with Gasteiger partial charge in [-0.25, -0.2) is 0 Å². The Labute approximate surface area is 294 Å². The molecule has 1 saturated heterocycles. The van der Waals surface area contributed by atoms with Crippen LogP contribution < -0.4 is 0 Å². The first kappa shape index (κ1) is 43.6. The number of carbonyl (C=O) groups excluding carboxylic acids is 2. The number of aliphatic hydroxyl groups is 1. The van der Waals surface area contributed by atoms with Gasteiger partial charge < -0.3 is 19.3 Å². The van der Waals surface area contributed by atoms with Crippen molar-refractivity contribution >= 4 is 11.9 Å². The molecule has 6 nitrogen and oxygen atoms in total. The maximum absolute atomic E-state index is 12.0. The van der Waals surface area contributed by atoms with Gasteiger partial charge in [0, 0.05) is 12.8 Å². The Hall–Kier alpha value is -2.44. The van der Waals surface area contributed by atoms with Crippen molar-refractivity contribution in [2.75, 3.05) is 13.2 Å². The maximum atomic E-state index is 12.0. The fourth-order valence-electron chi connectivity index (χ4n) is 5.30. The molecule has 0 aromatic heterocycles. The lowest BCUT2D eigenvalue weighted by Gasteiger charge is -2.12. The third-order valence-electron chi connectivity index (χ3n) is 8.72. The quantitative estimate of drug-likeness (QED) is 0.0332. The Balaban J connectivity index is 1.89. The van der Waals surface area contributed by atoms with Gasteiger partial charge in [0.05, 0.1) is 12.2 Å². The lowest BCUT2D eigenvalue weighted by molar-refractivity contribution is -0.152. The minimum atomic E-state index is -0.998. The summed E-state index contributed by atoms with van der Waals surface area (Å²) in [5.74, 6) is 0.205. The molecule has 0 saturated carbocycles. The number of aliphatic hydroxyl groups excluding tert-OH is 1. The van der Waals surface area contributed by atoms with Crippen molar-refractivity contribution in [3.05, 3.63) is 60.8 Å². The Morgan fingerprint density at radius 3 is 1.62 bits per heavy atom. The predicted molar refractivity (Wildman–Crippen MR) is 200 cm³/mol. The van der Waals surface area contributed by atoms with E-state index in [0.717, 1.165) is 63.7 Å². The number of unbranched alkanes of at least 4 members (excludes halogenated alkanes) is 9. The molecule has 1 fully saturated rings. The molecule has 1 heterocycles. The van der Waals surface area contributed by atoms with E-state index in [0.29, 0.717) is 25.0 Å². The Morgan fingerprint density at radius 2 is 1.08 bits per heavy atom. The molecule has 1 aliphatic rings. The summed E-state index contributed by atoms with van der Waals surface area (Å²) in [6.45, 7) is 6.47. The third kappa shape index (κ3) is 28.6. The summed E-state index contributed by atoms with van der Waals surface area (Å²) in [7, 11) is 0. The zero-order valence-electron chi connectivity index (χ0n) is 30.8. The molecule has 0 aromatic carbocycles. The second kappa shape index (κ2) is 31.8. The van der Waals surface area contributed by atoms with Gasteiger partial charge in [-0.05, 0) is 57.3 Å². The number of ether oxygens (including phenoxy) is 3. The fraction of sp³-hybridized carbons (Fsp3) is 0.714. The van der Waals surface area contributed by atoms with Crippen LogP contribution in [0.15, 0.2) is 60.8 Å². The molecule has 0 aliphatic carbocycles. The molecule has 4 atom stereocenters. The van der Waals surface area contributed by atoms with Crippen LogP contribution in [0.4, 0.5) is 0 Å². The van der Waals surface area contributed by atoms with E-state index in [9.17, 15) is 14.7 Å². The van der Waals surface area contributed by atoms with Crippen molar-refractivity contribution in [2.24, 2.45) is 5.92 Å². The first-order chi connectivity index (χ1) is 23.5. The zero-order valence-corrected chi connectivity index (χ0v) is 30.8. The third-order valence-corrected chi connectivity index (χ3v) is 8.72. The van der Waals surface area contributed by atoms with Gasteiger partial charge in [-0.15, -0.1) is 0 Å². The molecule has 0 bridgehead atoms. The second-order valence-corrected chi connectivity index (χ2v) is 13.3. The highest BCUT2D eigenvalue weighted by molar-refractivity contribution is 5.70. The molecule has 0 radical (unpaired) electrons. The maximum Gasteiger partial charge on any atom is 0.306 e. The van der Waals surface area contributed by atoms with Gasteiger partial charge in [-0.1, -0.05) is 152 Å². The SMILES string of the molecule is CC/C=C\CC1OC1C/C=C\C/C=C\C/C=C\C/C=C\CCC(=O)OC[C@H](O)COC(=O)CCCCCCCCCCCCC(C)CC. The van der Waals surface area contributed by atoms with E-state index in [4.69, 9.17) is 14.2 Å². The number of rotatable bonds is 32. The molecule has 274 valence electrons. The van der Waals surface area contributed by atoms with Crippen molar-refractivity contribution < 1.29 is 28.9 Å². The van der Waals surface area contributed by atoms with Crippen molar-refractivity contribution in [3.8, 4) is 0 Å². The lowest BCUT2D eigenvalue weighted by Crippen LogP contribution is -2.25. The van der Waals surface area contributed by atoms with E-state index in [-0.39, 0.29) is 31.6 Å². The van der Waals surface area contributed by atoms with Gasteiger partial charge >= 0.3 is 11.9 Å². The smallest absolute Gasteiger partial charge is 0.306 e. The Morgan fingerprint density at radius 1 is 0.625 bits per heavy atom. The van der Waals surface area contributed by atoms with E-state index in [2.05, 4.69) is 69.4 Å². The molecule has 3 unspecified atom stereocenters. The summed E-state index contributed by atoms with van der Waals surface area (Å²) in [5, 5.41) is 10.00. The van der Waals surface area contributed by atoms with Crippen LogP contribution in [-0.4, -0.2) is 48.6 Å². The topological polar surface area (TPSA) is 85.4 Å². The average molecular weight is 671 g/mol. The first-order valence-corrected chi connectivity index (χ1v) is 19.4. The Bertz CT molecular complexity index is 932. The fourth-order valence-corrected chi connectivity index (χ4v) is 5.30. The molecule has 0 amide bonds. The van der Waals surface area contributed by atoms with Gasteiger partial charge in [0.1, 0.15) is 19.3 Å². The van der Waals surface area contributed by atoms with Gasteiger partial charge in [0.15, 0.2) is 0 Å². The predicted octanol–water partition coefficient (Wildman–Crippen LogP) is 10.9. The van der Waals surface area contributed by atoms with Crippen LogP contribution in [0.1, 0.15) is 156 Å². The van der Waals surface area contributed by atoms with Crippen LogP contribution in [0.25, 0.3) is 0 Å². The number of hydrogen-bond acceptors (Lipinski definition) is 6. The van der Waals surface area contributed by atoms with Gasteiger partial charge in [-0.3, -0.25) is 9.59 Å². The van der Waals surface area contributed by atoms with Crippen LogP contribution in [0.5, 0.6) is 0 Å². The second-order valence-electron chi connectivity index (χ2n) is 13.3. The largest absolute Gasteiger partial charge is 0.463 e. The highest BCUT2D eigenvalue weighted by atomic mass is 16.6. The van der Waals surface area contributed by atoms with E-state index in [1.165, 1.54) is 57.8 Å². The summed E-state index contributed by atoms with van der Waals surface area (Å²) in [6, 6.07) is 0. The van der Waals surface area contributed by atoms with Gasteiger partial charge in [0.25, 0.3) is 0 Å². The number of epoxide rings is 1. The monoisotopic (exact) mass is 671 g/mol. The number of esters is 2. The van der Waals surface area contributed by atoms with Crippen molar-refractivity contribution in [1.29, 1.82) is 0 Å². The molecule has 0 aromatic rings. The summed E-state index contributed by atoms with van der Waals surface area (Å²) in [6.07, 6.45) is 43.2. The summed E-state index contributed by atoms with van der Waals surface area (Å²) < 4.78 is 15.9. The highest BCUT2D eigenvalue weighted by Gasteiger charge is 2.35. The zero-order chi connectivity index (χ0) is 34.9. The average Bonchev–Trinajstić information content (AvgIpc) is 3.84. The van der Waals surface area contributed by atoms with Crippen LogP contribution in [0, 0.1) is 5.92 Å². The standard InChI is InChI=1S/C42H70O6/c1-4-6-25-31-39-40(48-39)32-27-22-18-14-9-7-8-10-15-19-23-28-33-41(44)46-35-38(43)36-47-42(45)34-29-24-20-16-12-11-13-17-21-26-30-37(3)5-2/h6,8-10,14,19,22-23,25,27,37-40,43H,4-5,7,11-13,15-18,20-21,24,26,28-36H2,1-3H3/b10-8-,14-9-,23-19-,25-6-,27-22-/t37?,38-,39?,40?/m0/s1. The molecule has 1 aliphatic heterocycles. The summed E-state index contributed by atoms with van der Waals surface area (Å²) in [5.41, 5.74) is 0. The number of hydrogen-bond donors (Lipinski definition) is 1. The van der Waals surface area contributed by atoms with E-state index in [1.807, 2.05) is 12.2 Å². The normalized spacial score (nSPS) is 17.8. The van der Waals surface area contributed by atoms with Crippen LogP contribution in [0.3, 0.4) is 0 Å². The molecule has 0 spiro atoms. The summed E-state index contributed by atoms with van der Waals surface area (Å²) >= 11 is 0. The van der Waals surface area contributed by atoms with E-state index < -0.39 is 6.10 Å². The first-order valence-electron chi connectivity index (χ1n) is 19.4. The van der Waals surface area contributed by atoms with E-state index in [1.54, 1.807) is 0 Å². The number of allylic oxidation sites excluding steroid dienone is 8. The van der Waals surface area contributed by atoms with Gasteiger partial charge in [-0.2, -0.15) is 0 Å². The summed E-state index contributed by atoms with van der Waals surface area (Å²) in [4.78, 5) is 23.9. The molecule has 48 heavy (non-hydrogen) atoms. The van der Waals surface area contributed by atoms with E-state index >= 15 is 0 Å². The highest BCUT2D eigenvalue weighted by Crippen LogP contribution is 2.29. The van der Waals surface area contributed by atoms with Crippen LogP contribution >= 0.6 is 0 Å². The molecular weight excluding hydrogens is 600 g/mol. The minimum Gasteiger partial charge on any atom is -0.463 e. The van der Waals surface area contributed by atoms with Crippen molar-refractivity contribution in [2.45, 2.75) is 174 Å². The molecule has 6 heteroatoms. The lowest BCUT2D eigenvalue weighted by atomic mass is 9.99. The van der Waals surface area contributed by atoms with Crippen LogP contribution in [-0.2, 0) is 23.8 Å². The van der Waals surface area contributed by atoms with Crippen LogP contribution in [0.2, 0.25) is 0 Å². The number of carbonyl (C=O) groups is 2. The van der Waals surface area contributed by atoms with Crippen molar-refractivity contribution in [3.63, 3.8) is 0 Å². The molecular formula is C42H70O6.